The van der Waals surface area contributed by atoms with Crippen LogP contribution < -0.4 is 0 Å². The maximum atomic E-state index is 13.2. The molecule has 0 unspecified atom stereocenters. The average Bonchev–Trinajstić information content (AvgIpc) is 3.15. The van der Waals surface area contributed by atoms with E-state index in [1.165, 1.54) is 29.5 Å². The van der Waals surface area contributed by atoms with Gasteiger partial charge in [-0.2, -0.15) is 0 Å². The molecule has 0 N–H and O–H groups in total. The molecule has 0 aliphatic rings. The minimum absolute atomic E-state index is 0.116. The second-order valence-electron chi connectivity index (χ2n) is 5.72. The van der Waals surface area contributed by atoms with Crippen LogP contribution in [0.25, 0.3) is 16.2 Å². The quantitative estimate of drug-likeness (QED) is 0.362. The van der Waals surface area contributed by atoms with E-state index in [9.17, 15) is 14.0 Å². The lowest BCUT2D eigenvalue weighted by Gasteiger charge is -2.04. The molecule has 0 fully saturated rings. The van der Waals surface area contributed by atoms with E-state index < -0.39 is 0 Å². The summed E-state index contributed by atoms with van der Waals surface area (Å²) < 4.78 is 19.7. The lowest BCUT2D eigenvalue weighted by molar-refractivity contribution is -0.129. The van der Waals surface area contributed by atoms with Crippen LogP contribution in [0.1, 0.15) is 15.4 Å². The highest BCUT2D eigenvalue weighted by atomic mass is 32.1. The van der Waals surface area contributed by atoms with E-state index in [-0.39, 0.29) is 18.2 Å². The van der Waals surface area contributed by atoms with Crippen molar-refractivity contribution in [3.05, 3.63) is 59.1 Å². The largest absolute Gasteiger partial charge is 0.462 e. The van der Waals surface area contributed by atoms with Crippen LogP contribution in [0.15, 0.2) is 42.7 Å². The summed E-state index contributed by atoms with van der Waals surface area (Å²) in [4.78, 5) is 30.8. The Balaban J connectivity index is 2.12. The molecule has 2 aromatic heterocycles. The number of ketones is 1. The maximum absolute atomic E-state index is 13.2. The van der Waals surface area contributed by atoms with Crippen molar-refractivity contribution >= 4 is 28.6 Å². The van der Waals surface area contributed by atoms with Gasteiger partial charge in [-0.05, 0) is 24.3 Å². The molecule has 26 heavy (non-hydrogen) atoms. The Hall–Kier alpha value is -3.00. The van der Waals surface area contributed by atoms with Gasteiger partial charge in [0.15, 0.2) is 4.96 Å². The van der Waals surface area contributed by atoms with Crippen LogP contribution in [0, 0.1) is 5.82 Å². The number of aromatic nitrogens is 2. The van der Waals surface area contributed by atoms with Crippen molar-refractivity contribution in [1.29, 1.82) is 0 Å². The second kappa shape index (κ2) is 7.49. The van der Waals surface area contributed by atoms with E-state index in [1.807, 2.05) is 14.1 Å². The number of hydrogen-bond acceptors (Lipinski definition) is 6. The number of halogens is 1. The monoisotopic (exact) mass is 373 g/mol. The number of benzene rings is 1. The van der Waals surface area contributed by atoms with Crippen LogP contribution in [-0.4, -0.2) is 40.6 Å². The molecule has 0 amide bonds. The Labute approximate surface area is 153 Å². The lowest BCUT2D eigenvalue weighted by Crippen LogP contribution is -2.06. The van der Waals surface area contributed by atoms with Gasteiger partial charge in [0, 0.05) is 38.1 Å². The summed E-state index contributed by atoms with van der Waals surface area (Å²) in [5, 5.41) is 0. The van der Waals surface area contributed by atoms with Crippen LogP contribution >= 0.6 is 11.3 Å². The zero-order valence-electron chi connectivity index (χ0n) is 14.2. The Morgan fingerprint density at radius 1 is 1.35 bits per heavy atom. The van der Waals surface area contributed by atoms with E-state index in [2.05, 4.69) is 4.98 Å². The van der Waals surface area contributed by atoms with Crippen molar-refractivity contribution in [2.45, 2.75) is 6.61 Å². The number of allylic oxidation sites excluding steroid dienone is 1. The number of ether oxygens (including phenoxy) is 1. The summed E-state index contributed by atoms with van der Waals surface area (Å²) in [6.07, 6.45) is 4.83. The maximum Gasteiger partial charge on any atom is 0.293 e. The molecule has 0 aliphatic carbocycles. The fourth-order valence-corrected chi connectivity index (χ4v) is 3.31. The fraction of sp³-hybridized carbons (Fsp3) is 0.167. The van der Waals surface area contributed by atoms with Gasteiger partial charge in [0.05, 0.1) is 4.88 Å². The zero-order chi connectivity index (χ0) is 18.7. The first kappa shape index (κ1) is 17.8. The normalized spacial score (nSPS) is 11.2. The van der Waals surface area contributed by atoms with Gasteiger partial charge in [0.2, 0.25) is 5.78 Å². The van der Waals surface area contributed by atoms with Gasteiger partial charge >= 0.3 is 0 Å². The van der Waals surface area contributed by atoms with Gasteiger partial charge in [-0.25, -0.2) is 9.37 Å². The van der Waals surface area contributed by atoms with Crippen molar-refractivity contribution in [2.75, 3.05) is 14.1 Å². The Morgan fingerprint density at radius 2 is 2.08 bits per heavy atom. The van der Waals surface area contributed by atoms with Gasteiger partial charge in [-0.3, -0.25) is 14.0 Å². The van der Waals surface area contributed by atoms with Crippen LogP contribution in [0.5, 0.6) is 0 Å². The topological polar surface area (TPSA) is 63.9 Å². The van der Waals surface area contributed by atoms with Crippen LogP contribution in [0.3, 0.4) is 0 Å². The number of rotatable bonds is 7. The first-order chi connectivity index (χ1) is 12.5. The highest BCUT2D eigenvalue weighted by molar-refractivity contribution is 7.17. The van der Waals surface area contributed by atoms with E-state index in [4.69, 9.17) is 4.74 Å². The Morgan fingerprint density at radius 3 is 2.73 bits per heavy atom. The molecule has 0 aliphatic heterocycles. The van der Waals surface area contributed by atoms with E-state index in [1.54, 1.807) is 33.8 Å². The van der Waals surface area contributed by atoms with Crippen LogP contribution in [0.2, 0.25) is 0 Å². The third-order valence-electron chi connectivity index (χ3n) is 3.54. The number of hydrogen-bond donors (Lipinski definition) is 0. The fourth-order valence-electron chi connectivity index (χ4n) is 2.41. The predicted octanol–water partition coefficient (Wildman–Crippen LogP) is 3.13. The minimum Gasteiger partial charge on any atom is -0.462 e. The molecule has 3 rings (SSSR count). The third-order valence-corrected chi connectivity index (χ3v) is 4.50. The van der Waals surface area contributed by atoms with Crippen LogP contribution in [0.4, 0.5) is 4.39 Å². The van der Waals surface area contributed by atoms with Gasteiger partial charge in [-0.15, -0.1) is 0 Å². The highest BCUT2D eigenvalue weighted by Gasteiger charge is 2.21. The average molecular weight is 373 g/mol. The Kier molecular flexibility index (Phi) is 5.13. The molecule has 0 atom stereocenters. The van der Waals surface area contributed by atoms with Crippen molar-refractivity contribution < 1.29 is 18.7 Å². The smallest absolute Gasteiger partial charge is 0.293 e. The lowest BCUT2D eigenvalue weighted by atomic mass is 10.1. The first-order valence-electron chi connectivity index (χ1n) is 7.70. The number of imidazole rings is 1. The summed E-state index contributed by atoms with van der Waals surface area (Å²) in [6, 6.07) is 5.83. The summed E-state index contributed by atoms with van der Waals surface area (Å²) in [5.41, 5.74) is 1.50. The van der Waals surface area contributed by atoms with Crippen molar-refractivity contribution in [2.24, 2.45) is 0 Å². The molecule has 0 spiro atoms. The van der Waals surface area contributed by atoms with Crippen molar-refractivity contribution in [3.8, 4) is 11.3 Å². The second-order valence-corrected chi connectivity index (χ2v) is 6.81. The number of carbonyl (C=O) groups excluding carboxylic acids is 2. The molecule has 0 radical (unpaired) electrons. The summed E-state index contributed by atoms with van der Waals surface area (Å²) >= 11 is 1.32. The molecule has 3 aromatic rings. The van der Waals surface area contributed by atoms with Crippen molar-refractivity contribution in [3.63, 3.8) is 0 Å². The number of nitrogens with zero attached hydrogens (tertiary/aromatic N) is 3. The van der Waals surface area contributed by atoms with Crippen molar-refractivity contribution in [1.82, 2.24) is 14.3 Å². The van der Waals surface area contributed by atoms with Gasteiger partial charge < -0.3 is 9.64 Å². The summed E-state index contributed by atoms with van der Waals surface area (Å²) in [6.45, 7) is 0.489. The minimum atomic E-state index is -0.358. The molecule has 0 bridgehead atoms. The molecule has 0 saturated carbocycles. The molecule has 134 valence electrons. The predicted molar refractivity (Wildman–Crippen MR) is 96.5 cm³/mol. The van der Waals surface area contributed by atoms with E-state index in [0.717, 1.165) is 4.88 Å². The SMILES string of the molecule is CN(C)/C=C/C(=O)c1c(-c2ccc(F)cc2)nc2sc(COC=O)cn12. The number of carbonyl (C=O) groups is 2. The molecule has 1 aromatic carbocycles. The molecule has 8 heteroatoms. The number of thiazole rings is 1. The summed E-state index contributed by atoms with van der Waals surface area (Å²) in [7, 11) is 3.63. The standard InChI is InChI=1S/C18H16FN3O3S/c1-21(2)8-7-15(24)17-16(12-3-5-13(19)6-4-12)20-18-22(17)9-14(26-18)10-25-11-23/h3-9,11H,10H2,1-2H3/b8-7+. The molecule has 6 nitrogen and oxygen atoms in total. The third kappa shape index (κ3) is 3.65. The van der Waals surface area contributed by atoms with E-state index >= 15 is 0 Å². The summed E-state index contributed by atoms with van der Waals surface area (Å²) in [5.74, 6) is -0.588. The molecular weight excluding hydrogens is 357 g/mol. The van der Waals surface area contributed by atoms with Crippen LogP contribution in [-0.2, 0) is 16.1 Å². The molecular formula is C18H16FN3O3S. The number of fused-ring (bicyclic) bond motifs is 1. The zero-order valence-corrected chi connectivity index (χ0v) is 15.0. The highest BCUT2D eigenvalue weighted by Crippen LogP contribution is 2.29. The van der Waals surface area contributed by atoms with Gasteiger partial charge in [0.25, 0.3) is 6.47 Å². The van der Waals surface area contributed by atoms with Gasteiger partial charge in [-0.1, -0.05) is 11.3 Å². The van der Waals surface area contributed by atoms with E-state index in [0.29, 0.717) is 28.4 Å². The molecule has 2 heterocycles. The Bertz CT molecular complexity index is 974. The molecule has 0 saturated heterocycles. The van der Waals surface area contributed by atoms with Gasteiger partial charge in [0.1, 0.15) is 23.8 Å². The first-order valence-corrected chi connectivity index (χ1v) is 8.52.